The number of halogens is 9. The molecule has 16 heteroatoms. The first kappa shape index (κ1) is 61.8. The molecule has 16 aromatic rings. The smallest absolute Gasteiger partial charge is 0.309 e. The number of alkyl halides is 9. The van der Waals surface area contributed by atoms with Gasteiger partial charge in [0.1, 0.15) is 17.2 Å². The second-order valence-corrected chi connectivity index (χ2v) is 24.6. The van der Waals surface area contributed by atoms with E-state index in [1.165, 1.54) is 24.3 Å². The van der Waals surface area contributed by atoms with Gasteiger partial charge < -0.3 is 18.3 Å². The van der Waals surface area contributed by atoms with Gasteiger partial charge in [0.2, 0.25) is 0 Å². The van der Waals surface area contributed by atoms with Crippen LogP contribution in [0.3, 0.4) is 0 Å². The molecule has 12 aromatic carbocycles. The minimum absolute atomic E-state index is 0.0322. The molecule has 0 aliphatic rings. The van der Waals surface area contributed by atoms with Crippen molar-refractivity contribution in [3.05, 3.63) is 298 Å². The average molecular weight is 1300 g/mol. The molecule has 0 aliphatic heterocycles. The number of para-hydroxylation sites is 4. The molecule has 0 N–H and O–H groups in total. The van der Waals surface area contributed by atoms with E-state index in [1.807, 2.05) is 158 Å². The zero-order valence-corrected chi connectivity index (χ0v) is 52.5. The first-order valence-electron chi connectivity index (χ1n) is 31.0. The summed E-state index contributed by atoms with van der Waals surface area (Å²) < 4.78 is 140. The maximum atomic E-state index is 15.9. The van der Waals surface area contributed by atoms with Gasteiger partial charge in [0.25, 0.3) is 0 Å². The van der Waals surface area contributed by atoms with Crippen LogP contribution in [0.15, 0.2) is 231 Å². The van der Waals surface area contributed by atoms with Crippen LogP contribution in [0.5, 0.6) is 0 Å². The van der Waals surface area contributed by atoms with Gasteiger partial charge in [0, 0.05) is 54.2 Å². The van der Waals surface area contributed by atoms with Gasteiger partial charge in [-0.15, -0.1) is 0 Å². The number of nitrogens with zero attached hydrogens (tertiary/aromatic N) is 7. The van der Waals surface area contributed by atoms with Gasteiger partial charge >= 0.3 is 18.5 Å². The van der Waals surface area contributed by atoms with Crippen molar-refractivity contribution in [2.75, 3.05) is 0 Å². The molecular formula is C82H50F9N7. The Morgan fingerprint density at radius 1 is 0.306 bits per heavy atom. The van der Waals surface area contributed by atoms with E-state index in [-0.39, 0.29) is 39.4 Å². The number of hydrogen-bond acceptors (Lipinski definition) is 1. The lowest BCUT2D eigenvalue weighted by molar-refractivity contribution is -0.138. The average Bonchev–Trinajstić information content (AvgIpc) is 1.51. The molecule has 7 nitrogen and oxygen atoms in total. The van der Waals surface area contributed by atoms with Crippen LogP contribution < -0.4 is 0 Å². The molecule has 0 bridgehead atoms. The van der Waals surface area contributed by atoms with E-state index in [2.05, 4.69) is 27.9 Å². The molecule has 0 amide bonds. The van der Waals surface area contributed by atoms with Crippen LogP contribution in [0.1, 0.15) is 44.5 Å². The van der Waals surface area contributed by atoms with Crippen LogP contribution in [0, 0.1) is 52.2 Å². The van der Waals surface area contributed by atoms with E-state index >= 15 is 13.2 Å². The summed E-state index contributed by atoms with van der Waals surface area (Å²) in [6.45, 7) is 23.0. The lowest BCUT2D eigenvalue weighted by atomic mass is 9.97. The van der Waals surface area contributed by atoms with Crippen molar-refractivity contribution in [1.29, 1.82) is 5.26 Å². The van der Waals surface area contributed by atoms with Crippen molar-refractivity contribution in [2.45, 2.75) is 46.2 Å². The van der Waals surface area contributed by atoms with Crippen LogP contribution in [-0.2, 0) is 18.5 Å². The summed E-state index contributed by atoms with van der Waals surface area (Å²) in [6, 6.07) is 68.3. The monoisotopic (exact) mass is 1300 g/mol. The minimum atomic E-state index is -4.91. The van der Waals surface area contributed by atoms with Gasteiger partial charge in [0.05, 0.1) is 80.0 Å². The summed E-state index contributed by atoms with van der Waals surface area (Å²) in [5.41, 5.74) is 7.82. The van der Waals surface area contributed by atoms with Crippen molar-refractivity contribution < 1.29 is 39.5 Å². The summed E-state index contributed by atoms with van der Waals surface area (Å²) in [6.07, 6.45) is -14.4. The highest BCUT2D eigenvalue weighted by Gasteiger charge is 2.40. The molecule has 98 heavy (non-hydrogen) atoms. The molecule has 0 unspecified atom stereocenters. The van der Waals surface area contributed by atoms with Crippen molar-refractivity contribution in [1.82, 2.24) is 18.3 Å². The molecule has 4 aromatic heterocycles. The molecule has 0 spiro atoms. The molecule has 16 rings (SSSR count). The van der Waals surface area contributed by atoms with Gasteiger partial charge in [-0.05, 0) is 183 Å². The molecule has 0 aliphatic carbocycles. The third-order valence-electron chi connectivity index (χ3n) is 18.3. The molecule has 0 fully saturated rings. The van der Waals surface area contributed by atoms with E-state index < -0.39 is 35.2 Å². The predicted molar refractivity (Wildman–Crippen MR) is 372 cm³/mol. The predicted octanol–water partition coefficient (Wildman–Crippen LogP) is 24.4. The van der Waals surface area contributed by atoms with Crippen LogP contribution >= 0.6 is 0 Å². The highest BCUT2D eigenvalue weighted by Crippen LogP contribution is 2.49. The number of nitriles is 1. The molecule has 0 radical (unpaired) electrons. The molecule has 0 saturated carbocycles. The summed E-state index contributed by atoms with van der Waals surface area (Å²) in [5, 5.41) is 17.9. The quantitative estimate of drug-likeness (QED) is 0.121. The number of hydrogen-bond donors (Lipinski definition) is 0. The molecule has 0 atom stereocenters. The summed E-state index contributed by atoms with van der Waals surface area (Å²) in [5.74, 6) is 0. The fourth-order valence-corrected chi connectivity index (χ4v) is 14.1. The lowest BCUT2D eigenvalue weighted by Crippen LogP contribution is -2.16. The van der Waals surface area contributed by atoms with Crippen LogP contribution in [0.4, 0.5) is 50.9 Å². The first-order chi connectivity index (χ1) is 47.0. The number of aromatic nitrogens is 4. The SMILES string of the molecule is [C-]#[N+]c1cc(-c2cc(-n3c4ccccc4c4cc(C)ccc43)c(C#N)c(-n3c4ccccc4c4cc(C)ccc43)c2)cc(C(F)(F)F)c1.[C-]#[N+]c1cc(-c2cc(-n3c4ccccc4c4cc(C)ccc43)c(C(F)(F)F)c(-n3c4ccccc4c4cc(C)ccc43)c2)cc(C(F)(F)F)c1. The Morgan fingerprint density at radius 3 is 0.847 bits per heavy atom. The highest BCUT2D eigenvalue weighted by molar-refractivity contribution is 6.14. The minimum Gasteiger partial charge on any atom is -0.309 e. The van der Waals surface area contributed by atoms with Crippen LogP contribution in [0.2, 0.25) is 0 Å². The second kappa shape index (κ2) is 23.0. The topological polar surface area (TPSA) is 52.2 Å². The summed E-state index contributed by atoms with van der Waals surface area (Å²) in [4.78, 5) is 6.65. The van der Waals surface area contributed by atoms with E-state index in [9.17, 15) is 31.6 Å². The Morgan fingerprint density at radius 2 is 0.571 bits per heavy atom. The fourth-order valence-electron chi connectivity index (χ4n) is 14.1. The van der Waals surface area contributed by atoms with Gasteiger partial charge in [-0.25, -0.2) is 9.69 Å². The van der Waals surface area contributed by atoms with Crippen molar-refractivity contribution in [3.8, 4) is 51.1 Å². The molecule has 476 valence electrons. The van der Waals surface area contributed by atoms with E-state index in [1.54, 1.807) is 57.7 Å². The molecule has 4 heterocycles. The van der Waals surface area contributed by atoms with Crippen molar-refractivity contribution in [3.63, 3.8) is 0 Å². The highest BCUT2D eigenvalue weighted by atomic mass is 19.4. The van der Waals surface area contributed by atoms with Gasteiger partial charge in [-0.3, -0.25) is 0 Å². The number of fused-ring (bicyclic) bond motifs is 12. The maximum absolute atomic E-state index is 15.9. The Labute approximate surface area is 554 Å². The van der Waals surface area contributed by atoms with Gasteiger partial charge in [0.15, 0.2) is 11.4 Å². The number of benzene rings is 12. The van der Waals surface area contributed by atoms with E-state index in [0.29, 0.717) is 44.6 Å². The summed E-state index contributed by atoms with van der Waals surface area (Å²) in [7, 11) is 0. The normalized spacial score (nSPS) is 12.1. The zero-order chi connectivity index (χ0) is 68.4. The Hall–Kier alpha value is -12.3. The third kappa shape index (κ3) is 10.3. The zero-order valence-electron chi connectivity index (χ0n) is 52.5. The van der Waals surface area contributed by atoms with Crippen molar-refractivity contribution >= 4 is 98.6 Å². The second-order valence-electron chi connectivity index (χ2n) is 24.6. The van der Waals surface area contributed by atoms with Crippen LogP contribution in [0.25, 0.3) is 142 Å². The lowest BCUT2D eigenvalue weighted by Gasteiger charge is -2.23. The maximum Gasteiger partial charge on any atom is 0.420 e. The van der Waals surface area contributed by atoms with Crippen molar-refractivity contribution in [2.24, 2.45) is 0 Å². The van der Waals surface area contributed by atoms with Gasteiger partial charge in [-0.2, -0.15) is 44.8 Å². The van der Waals surface area contributed by atoms with E-state index in [0.717, 1.165) is 112 Å². The third-order valence-corrected chi connectivity index (χ3v) is 18.3. The Balaban J connectivity index is 0.000000160. The Bertz CT molecular complexity index is 5900. The fraction of sp³-hybridized carbons (Fsp3) is 0.0854. The molecular weight excluding hydrogens is 1250 g/mol. The number of aryl methyl sites for hydroxylation is 4. The number of rotatable bonds is 6. The van der Waals surface area contributed by atoms with Gasteiger partial charge in [-0.1, -0.05) is 119 Å². The largest absolute Gasteiger partial charge is 0.420 e. The summed E-state index contributed by atoms with van der Waals surface area (Å²) >= 11 is 0. The van der Waals surface area contributed by atoms with Crippen LogP contribution in [-0.4, -0.2) is 18.3 Å². The Kier molecular flexibility index (Phi) is 14.5. The van der Waals surface area contributed by atoms with E-state index in [4.69, 9.17) is 13.1 Å². The molecule has 0 saturated heterocycles. The standard InChI is InChI=1S/C41H25F6N3.C41H25F3N4/c1-23-12-14-35-31(16-23)29-8-4-6-10-33(29)49(35)37-20-26(25-18-27(40(42,43)44)22-28(19-25)48-3)21-38(39(37)41(45,46)47)50-34-11-7-5-9-30(34)32-17-24(2)13-15-36(32)50;1-24-12-14-37-32(16-24)30-8-4-6-10-35(30)47(37)39-20-27(26-18-28(41(42,43)44)22-29(19-26)46-3)21-40(34(39)23-45)48-36-11-7-5-9-31(36)33-17-25(2)13-15-38(33)48/h4-22H,1-2H3;4-22H,1-2H3. The first-order valence-corrected chi connectivity index (χ1v) is 31.0.